The van der Waals surface area contributed by atoms with E-state index in [-0.39, 0.29) is 22.0 Å². The maximum Gasteiger partial charge on any atom is 0.271 e. The number of non-ortho nitro benzene ring substituents is 1. The van der Waals surface area contributed by atoms with Crippen LogP contribution in [0.2, 0.25) is 5.02 Å². The minimum atomic E-state index is -0.744. The number of nitrogens with one attached hydrogen (secondary N) is 2. The molecule has 3 rings (SSSR count). The first kappa shape index (κ1) is 19.8. The van der Waals surface area contributed by atoms with Crippen LogP contribution in [0.3, 0.4) is 0 Å². The Kier molecular flexibility index (Phi) is 5.71. The zero-order valence-electron chi connectivity index (χ0n) is 15.1. The Hall–Kier alpha value is -3.96. The minimum Gasteiger partial charge on any atom is -0.320 e. The van der Waals surface area contributed by atoms with Gasteiger partial charge < -0.3 is 5.32 Å². The van der Waals surface area contributed by atoms with Gasteiger partial charge in [-0.15, -0.1) is 0 Å². The number of nitriles is 1. The van der Waals surface area contributed by atoms with Crippen LogP contribution in [0.25, 0.3) is 17.3 Å². The quantitative estimate of drug-likeness (QED) is 0.279. The molecule has 0 saturated carbocycles. The van der Waals surface area contributed by atoms with Crippen molar-refractivity contribution in [2.45, 2.75) is 6.92 Å². The lowest BCUT2D eigenvalue weighted by atomic mass is 10.0. The summed E-state index contributed by atoms with van der Waals surface area (Å²) in [6.07, 6.45) is 2.89. The number of anilines is 1. The summed E-state index contributed by atoms with van der Waals surface area (Å²) < 4.78 is 0. The summed E-state index contributed by atoms with van der Waals surface area (Å²) in [4.78, 5) is 22.9. The summed E-state index contributed by atoms with van der Waals surface area (Å²) in [6.45, 7) is 1.97. The first-order valence-electron chi connectivity index (χ1n) is 8.36. The topological polar surface area (TPSA) is 125 Å². The maximum absolute atomic E-state index is 12.5. The van der Waals surface area contributed by atoms with Crippen molar-refractivity contribution in [3.8, 4) is 17.3 Å². The molecule has 8 nitrogen and oxygen atoms in total. The molecule has 0 aliphatic rings. The van der Waals surface area contributed by atoms with E-state index in [1.165, 1.54) is 24.4 Å². The number of carbonyl (C=O) groups excluding carboxylic acids is 1. The van der Waals surface area contributed by atoms with Crippen LogP contribution in [0, 0.1) is 28.4 Å². The van der Waals surface area contributed by atoms with Crippen molar-refractivity contribution in [3.63, 3.8) is 0 Å². The van der Waals surface area contributed by atoms with Gasteiger partial charge in [-0.3, -0.25) is 20.0 Å². The van der Waals surface area contributed by atoms with Crippen molar-refractivity contribution in [2.24, 2.45) is 0 Å². The number of nitro groups is 1. The number of hydrogen-bond donors (Lipinski definition) is 2. The fraction of sp³-hybridized carbons (Fsp3) is 0.0500. The molecule has 144 valence electrons. The predicted molar refractivity (Wildman–Crippen MR) is 109 cm³/mol. The molecule has 3 aromatic rings. The standard InChI is InChI=1S/C20H14ClN5O3/c1-12-2-4-13(5-3-12)19-15(11-23-25-19)8-14(10-22)20(27)24-18-9-16(26(28)29)6-7-17(18)21/h2-9,11H,1H3,(H,23,25)(H,24,27). The first-order chi connectivity index (χ1) is 13.9. The number of amides is 1. The van der Waals surface area contributed by atoms with Crippen LogP contribution in [0.4, 0.5) is 11.4 Å². The molecule has 29 heavy (non-hydrogen) atoms. The molecule has 1 heterocycles. The van der Waals surface area contributed by atoms with Gasteiger partial charge in [-0.1, -0.05) is 41.4 Å². The SMILES string of the molecule is Cc1ccc(-c2[nH]ncc2C=C(C#N)C(=O)Nc2cc([N+](=O)[O-])ccc2Cl)cc1. The van der Waals surface area contributed by atoms with Crippen LogP contribution in [0.15, 0.2) is 54.2 Å². The van der Waals surface area contributed by atoms with E-state index in [0.717, 1.165) is 17.2 Å². The third-order valence-corrected chi connectivity index (χ3v) is 4.41. The number of aromatic amines is 1. The highest BCUT2D eigenvalue weighted by Gasteiger charge is 2.16. The third-order valence-electron chi connectivity index (χ3n) is 4.08. The Morgan fingerprint density at radius 2 is 2.03 bits per heavy atom. The Labute approximate surface area is 170 Å². The number of rotatable bonds is 5. The summed E-state index contributed by atoms with van der Waals surface area (Å²) in [7, 11) is 0. The Balaban J connectivity index is 1.90. The minimum absolute atomic E-state index is 0.0398. The summed E-state index contributed by atoms with van der Waals surface area (Å²) in [6, 6.07) is 13.2. The third kappa shape index (κ3) is 4.48. The fourth-order valence-electron chi connectivity index (χ4n) is 2.57. The van der Waals surface area contributed by atoms with Gasteiger partial charge in [0.25, 0.3) is 11.6 Å². The number of aromatic nitrogens is 2. The lowest BCUT2D eigenvalue weighted by molar-refractivity contribution is -0.384. The van der Waals surface area contributed by atoms with E-state index in [4.69, 9.17) is 11.6 Å². The number of aryl methyl sites for hydroxylation is 1. The molecule has 0 unspecified atom stereocenters. The van der Waals surface area contributed by atoms with Gasteiger partial charge in [0.15, 0.2) is 0 Å². The second-order valence-corrected chi connectivity index (χ2v) is 6.52. The lowest BCUT2D eigenvalue weighted by Gasteiger charge is -2.06. The molecule has 1 aromatic heterocycles. The molecule has 0 spiro atoms. The second-order valence-electron chi connectivity index (χ2n) is 6.11. The molecule has 0 aliphatic heterocycles. The predicted octanol–water partition coefficient (Wildman–Crippen LogP) is 4.49. The van der Waals surface area contributed by atoms with Crippen molar-refractivity contribution in [3.05, 3.63) is 80.5 Å². The molecule has 1 amide bonds. The van der Waals surface area contributed by atoms with Gasteiger partial charge in [0.2, 0.25) is 0 Å². The smallest absolute Gasteiger partial charge is 0.271 e. The van der Waals surface area contributed by atoms with E-state index in [9.17, 15) is 20.2 Å². The molecule has 0 saturated heterocycles. The molecule has 0 bridgehead atoms. The van der Waals surface area contributed by atoms with Gasteiger partial charge >= 0.3 is 0 Å². The lowest BCUT2D eigenvalue weighted by Crippen LogP contribution is -2.14. The van der Waals surface area contributed by atoms with Crippen LogP contribution in [-0.4, -0.2) is 21.0 Å². The number of H-pyrrole nitrogens is 1. The summed E-state index contributed by atoms with van der Waals surface area (Å²) in [5.41, 5.74) is 2.74. The van der Waals surface area contributed by atoms with Crippen LogP contribution in [-0.2, 0) is 4.79 Å². The highest BCUT2D eigenvalue weighted by atomic mass is 35.5. The molecular weight excluding hydrogens is 394 g/mol. The number of benzene rings is 2. The van der Waals surface area contributed by atoms with Gasteiger partial charge in [0.1, 0.15) is 11.6 Å². The monoisotopic (exact) mass is 407 g/mol. The maximum atomic E-state index is 12.5. The highest BCUT2D eigenvalue weighted by Crippen LogP contribution is 2.28. The Bertz CT molecular complexity index is 1160. The molecule has 0 radical (unpaired) electrons. The van der Waals surface area contributed by atoms with E-state index in [0.29, 0.717) is 11.3 Å². The number of nitro benzene ring substituents is 1. The van der Waals surface area contributed by atoms with Gasteiger partial charge in [0, 0.05) is 23.3 Å². The molecule has 0 aliphatic carbocycles. The second kappa shape index (κ2) is 8.37. The number of nitrogens with zero attached hydrogens (tertiary/aromatic N) is 3. The Morgan fingerprint density at radius 1 is 1.31 bits per heavy atom. The summed E-state index contributed by atoms with van der Waals surface area (Å²) in [5.74, 6) is -0.744. The van der Waals surface area contributed by atoms with Crippen molar-refractivity contribution in [1.82, 2.24) is 10.2 Å². The number of hydrogen-bond acceptors (Lipinski definition) is 5. The van der Waals surface area contributed by atoms with Crippen LogP contribution in [0.1, 0.15) is 11.1 Å². The van der Waals surface area contributed by atoms with Gasteiger partial charge in [0.05, 0.1) is 27.5 Å². The van der Waals surface area contributed by atoms with Crippen LogP contribution >= 0.6 is 11.6 Å². The zero-order valence-corrected chi connectivity index (χ0v) is 15.9. The fourth-order valence-corrected chi connectivity index (χ4v) is 2.74. The molecule has 2 aromatic carbocycles. The molecular formula is C20H14ClN5O3. The largest absolute Gasteiger partial charge is 0.320 e. The van der Waals surface area contributed by atoms with E-state index in [2.05, 4.69) is 15.5 Å². The summed E-state index contributed by atoms with van der Waals surface area (Å²) >= 11 is 6.00. The molecule has 0 fully saturated rings. The zero-order chi connectivity index (χ0) is 21.0. The van der Waals surface area contributed by atoms with Crippen LogP contribution in [0.5, 0.6) is 0 Å². The first-order valence-corrected chi connectivity index (χ1v) is 8.74. The van der Waals surface area contributed by atoms with Crippen LogP contribution < -0.4 is 5.32 Å². The molecule has 9 heteroatoms. The van der Waals surface area contributed by atoms with Crippen molar-refractivity contribution in [1.29, 1.82) is 5.26 Å². The molecule has 0 atom stereocenters. The van der Waals surface area contributed by atoms with Gasteiger partial charge in [-0.25, -0.2) is 0 Å². The van der Waals surface area contributed by atoms with Crippen molar-refractivity contribution >= 4 is 35.0 Å². The van der Waals surface area contributed by atoms with Crippen molar-refractivity contribution < 1.29 is 9.72 Å². The normalized spacial score (nSPS) is 11.0. The molecule has 2 N–H and O–H groups in total. The van der Waals surface area contributed by atoms with Gasteiger partial charge in [-0.05, 0) is 19.1 Å². The van der Waals surface area contributed by atoms with Crippen molar-refractivity contribution in [2.75, 3.05) is 5.32 Å². The van der Waals surface area contributed by atoms with E-state index in [1.807, 2.05) is 37.3 Å². The number of carbonyl (C=O) groups is 1. The average Bonchev–Trinajstić information content (AvgIpc) is 3.16. The Morgan fingerprint density at radius 3 is 2.69 bits per heavy atom. The van der Waals surface area contributed by atoms with E-state index >= 15 is 0 Å². The average molecular weight is 408 g/mol. The summed E-state index contributed by atoms with van der Waals surface area (Å²) in [5, 5.41) is 29.8. The van der Waals surface area contributed by atoms with E-state index < -0.39 is 10.8 Å². The number of halogens is 1. The van der Waals surface area contributed by atoms with E-state index in [1.54, 1.807) is 0 Å². The highest BCUT2D eigenvalue weighted by molar-refractivity contribution is 6.34. The van der Waals surface area contributed by atoms with Gasteiger partial charge in [-0.2, -0.15) is 10.4 Å².